The summed E-state index contributed by atoms with van der Waals surface area (Å²) >= 11 is 0. The topological polar surface area (TPSA) is 154 Å². The average molecular weight is 776 g/mol. The van der Waals surface area contributed by atoms with Crippen LogP contribution in [0.2, 0.25) is 0 Å². The molecule has 3 aliphatic heterocycles. The molecule has 1 saturated heterocycles. The Morgan fingerprint density at radius 1 is 1.14 bits per heavy atom. The van der Waals surface area contributed by atoms with Gasteiger partial charge >= 0.3 is 18.0 Å². The van der Waals surface area contributed by atoms with E-state index in [1.807, 2.05) is 26.8 Å². The van der Waals surface area contributed by atoms with Crippen molar-refractivity contribution < 1.29 is 47.5 Å². The Balaban J connectivity index is 1.03. The van der Waals surface area contributed by atoms with Gasteiger partial charge in [0.05, 0.1) is 54.0 Å². The van der Waals surface area contributed by atoms with Gasteiger partial charge in [0, 0.05) is 36.3 Å². The molecule has 14 heteroatoms. The zero-order valence-corrected chi connectivity index (χ0v) is 32.9. The summed E-state index contributed by atoms with van der Waals surface area (Å²) < 4.78 is 39.9. The summed E-state index contributed by atoms with van der Waals surface area (Å²) in [4.78, 5) is 69.2. The molecule has 2 aliphatic carbocycles. The monoisotopic (exact) mass is 775 g/mol. The first-order valence-electron chi connectivity index (χ1n) is 20.0. The minimum atomic E-state index is -1.09. The van der Waals surface area contributed by atoms with E-state index in [0.717, 1.165) is 28.5 Å². The number of alkyl carbamates (subject to hydrolysis) is 1. The average Bonchev–Trinajstić information content (AvgIpc) is 3.69. The number of pyridine rings is 2. The number of nitrogens with zero attached hydrogens (tertiary/aromatic N) is 2. The standard InChI is InChI=1S/C42H50FN3O10/c1-7-23(14-21(3)38(48)51-6)17-41(5)54-42(56-55-41)13-9-10-24(18-42)53-40(50)45-31-12-11-26-22(4)30(43)16-32-34(26)35(31)28-19-46-33(36(28)44-32)15-27-25(8-2)39(49)52-20-29(27)37(46)47/h15-16,21,23-25,31H,7-14,17-20H2,1-6H3,(H,45,50). The van der Waals surface area contributed by atoms with Crippen LogP contribution in [0.5, 0.6) is 0 Å². The molecule has 7 unspecified atom stereocenters. The maximum Gasteiger partial charge on any atom is 0.407 e. The van der Waals surface area contributed by atoms with E-state index in [9.17, 15) is 19.2 Å². The molecule has 1 saturated carbocycles. The number of fused-ring (bicyclic) bond motifs is 5. The lowest BCUT2D eigenvalue weighted by atomic mass is 9.81. The van der Waals surface area contributed by atoms with E-state index < -0.39 is 35.7 Å². The Kier molecular flexibility index (Phi) is 9.97. The highest BCUT2D eigenvalue weighted by molar-refractivity contribution is 5.93. The van der Waals surface area contributed by atoms with E-state index in [1.54, 1.807) is 11.5 Å². The summed E-state index contributed by atoms with van der Waals surface area (Å²) in [6.07, 6.45) is 4.44. The Hall–Kier alpha value is -4.40. The minimum absolute atomic E-state index is 0.0908. The third-order valence-corrected chi connectivity index (χ3v) is 12.7. The van der Waals surface area contributed by atoms with Crippen LogP contribution in [0.4, 0.5) is 9.18 Å². The van der Waals surface area contributed by atoms with Crippen LogP contribution < -0.4 is 10.9 Å². The largest absolute Gasteiger partial charge is 0.469 e. The molecular weight excluding hydrogens is 725 g/mol. The molecule has 2 aromatic heterocycles. The van der Waals surface area contributed by atoms with Crippen molar-refractivity contribution in [1.29, 1.82) is 0 Å². The van der Waals surface area contributed by atoms with Gasteiger partial charge in [-0.3, -0.25) is 14.4 Å². The van der Waals surface area contributed by atoms with Crippen LogP contribution >= 0.6 is 0 Å². The number of methoxy groups -OCH3 is 1. The van der Waals surface area contributed by atoms with Gasteiger partial charge in [-0.15, -0.1) is 0 Å². The molecule has 5 aliphatic rings. The van der Waals surface area contributed by atoms with Crippen LogP contribution in [0, 0.1) is 24.6 Å². The van der Waals surface area contributed by atoms with Gasteiger partial charge in [0.1, 0.15) is 18.5 Å². The van der Waals surface area contributed by atoms with E-state index in [2.05, 4.69) is 12.2 Å². The lowest BCUT2D eigenvalue weighted by Crippen LogP contribution is -2.44. The number of amides is 1. The van der Waals surface area contributed by atoms with Crippen LogP contribution in [0.15, 0.2) is 16.9 Å². The maximum absolute atomic E-state index is 15.4. The van der Waals surface area contributed by atoms with Crippen LogP contribution in [-0.4, -0.2) is 52.4 Å². The first-order chi connectivity index (χ1) is 26.8. The molecule has 1 N–H and O–H groups in total. The highest BCUT2D eigenvalue weighted by Crippen LogP contribution is 2.48. The lowest BCUT2D eigenvalue weighted by Gasteiger charge is -2.36. The second kappa shape index (κ2) is 14.5. The third kappa shape index (κ3) is 6.56. The number of rotatable bonds is 9. The lowest BCUT2D eigenvalue weighted by molar-refractivity contribution is -0.356. The molecule has 7 atom stereocenters. The number of cyclic esters (lactones) is 1. The van der Waals surface area contributed by atoms with Crippen molar-refractivity contribution in [3.8, 4) is 11.4 Å². The van der Waals surface area contributed by atoms with Gasteiger partial charge < -0.3 is 28.8 Å². The second-order valence-corrected chi connectivity index (χ2v) is 16.4. The van der Waals surface area contributed by atoms with Crippen LogP contribution in [0.25, 0.3) is 22.3 Å². The van der Waals surface area contributed by atoms with Gasteiger partial charge in [0.15, 0.2) is 0 Å². The van der Waals surface area contributed by atoms with Gasteiger partial charge in [-0.2, -0.15) is 9.78 Å². The molecule has 8 rings (SSSR count). The fourth-order valence-corrected chi connectivity index (χ4v) is 9.85. The summed E-state index contributed by atoms with van der Waals surface area (Å²) in [5.41, 5.74) is 5.34. The highest BCUT2D eigenvalue weighted by atomic mass is 19.1. The molecule has 5 heterocycles. The van der Waals surface area contributed by atoms with Crippen molar-refractivity contribution in [2.75, 3.05) is 7.11 Å². The molecule has 300 valence electrons. The first-order valence-corrected chi connectivity index (χ1v) is 20.0. The third-order valence-electron chi connectivity index (χ3n) is 12.7. The van der Waals surface area contributed by atoms with Crippen LogP contribution in [0.3, 0.4) is 0 Å². The van der Waals surface area contributed by atoms with E-state index in [4.69, 9.17) is 33.7 Å². The smallest absolute Gasteiger partial charge is 0.407 e. The Morgan fingerprint density at radius 2 is 1.95 bits per heavy atom. The zero-order chi connectivity index (χ0) is 39.7. The van der Waals surface area contributed by atoms with Gasteiger partial charge in [-0.1, -0.05) is 27.2 Å². The van der Waals surface area contributed by atoms with Crippen molar-refractivity contribution >= 4 is 28.9 Å². The van der Waals surface area contributed by atoms with Crippen LogP contribution in [-0.2, 0) is 57.9 Å². The molecule has 3 aromatic rings. The number of benzene rings is 1. The normalized spacial score (nSPS) is 27.3. The Bertz CT molecular complexity index is 2190. The number of hydrogen-bond acceptors (Lipinski definition) is 11. The number of aryl methyl sites for hydroxylation is 1. The summed E-state index contributed by atoms with van der Waals surface area (Å²) in [6, 6.07) is 2.78. The van der Waals surface area contributed by atoms with E-state index in [-0.39, 0.29) is 54.7 Å². The molecule has 1 spiro atoms. The van der Waals surface area contributed by atoms with Crippen molar-refractivity contribution in [2.45, 2.75) is 142 Å². The van der Waals surface area contributed by atoms with Gasteiger partial charge in [0.2, 0.25) is 11.6 Å². The van der Waals surface area contributed by atoms with Crippen molar-refractivity contribution in [3.05, 3.63) is 61.7 Å². The van der Waals surface area contributed by atoms with E-state index in [0.29, 0.717) is 85.0 Å². The quantitative estimate of drug-likeness (QED) is 0.105. The number of nitrogens with one attached hydrogen (secondary N) is 1. The minimum Gasteiger partial charge on any atom is -0.469 e. The summed E-state index contributed by atoms with van der Waals surface area (Å²) in [5.74, 6) is -3.81. The molecule has 1 aromatic carbocycles. The molecular formula is C42H50FN3O10. The number of ether oxygens (including phenoxy) is 4. The van der Waals surface area contributed by atoms with Gasteiger partial charge in [-0.25, -0.2) is 14.2 Å². The van der Waals surface area contributed by atoms with E-state index >= 15 is 4.39 Å². The predicted molar refractivity (Wildman–Crippen MR) is 200 cm³/mol. The molecule has 13 nitrogen and oxygen atoms in total. The summed E-state index contributed by atoms with van der Waals surface area (Å²) in [5, 5.41) is 3.90. The SMILES string of the molecule is CCC(CC(C)C(=O)OC)CC1(C)OOC2(CCCC(OC(=O)NC3CCc4c(C)c(F)cc5nc6c(c3c45)Cn3c-6cc4c(c3=O)COC(=O)C4CC)C2)O1. The molecule has 56 heavy (non-hydrogen) atoms. The maximum atomic E-state index is 15.4. The van der Waals surface area contributed by atoms with Gasteiger partial charge in [-0.05, 0) is 86.6 Å². The Morgan fingerprint density at radius 3 is 2.70 bits per heavy atom. The highest BCUT2D eigenvalue weighted by Gasteiger charge is 2.54. The fourth-order valence-electron chi connectivity index (χ4n) is 9.85. The number of esters is 2. The number of carbonyl (C=O) groups excluding carboxylic acids is 3. The summed E-state index contributed by atoms with van der Waals surface area (Å²) in [6.45, 7) is 9.50. The summed E-state index contributed by atoms with van der Waals surface area (Å²) in [7, 11) is 1.39. The molecule has 0 radical (unpaired) electrons. The molecule has 2 fully saturated rings. The van der Waals surface area contributed by atoms with Crippen LogP contribution in [0.1, 0.15) is 131 Å². The zero-order valence-electron chi connectivity index (χ0n) is 32.9. The number of hydrogen-bond donors (Lipinski definition) is 1. The van der Waals surface area contributed by atoms with E-state index in [1.165, 1.54) is 13.2 Å². The number of carbonyl (C=O) groups is 3. The number of halogens is 1. The molecule has 0 bridgehead atoms. The van der Waals surface area contributed by atoms with Gasteiger partial charge in [0.25, 0.3) is 5.56 Å². The first kappa shape index (κ1) is 38.5. The van der Waals surface area contributed by atoms with Crippen molar-refractivity contribution in [1.82, 2.24) is 14.9 Å². The Labute approximate surface area is 324 Å². The fraction of sp³-hybridized carbons (Fsp3) is 0.595. The van der Waals surface area contributed by atoms with Crippen molar-refractivity contribution in [3.63, 3.8) is 0 Å². The molecule has 1 amide bonds. The second-order valence-electron chi connectivity index (χ2n) is 16.4. The predicted octanol–water partition coefficient (Wildman–Crippen LogP) is 7.09. The number of aromatic nitrogens is 2. The van der Waals surface area contributed by atoms with Crippen molar-refractivity contribution in [2.24, 2.45) is 11.8 Å².